The summed E-state index contributed by atoms with van der Waals surface area (Å²) in [5.41, 5.74) is 2.23. The number of amides is 1. The molecule has 0 aliphatic carbocycles. The van der Waals surface area contributed by atoms with Gasteiger partial charge < -0.3 is 10.6 Å². The van der Waals surface area contributed by atoms with Gasteiger partial charge in [-0.05, 0) is 36.4 Å². The predicted octanol–water partition coefficient (Wildman–Crippen LogP) is 2.74. The van der Waals surface area contributed by atoms with Crippen molar-refractivity contribution in [2.75, 3.05) is 10.6 Å². The van der Waals surface area contributed by atoms with Gasteiger partial charge in [0.15, 0.2) is 0 Å². The summed E-state index contributed by atoms with van der Waals surface area (Å²) in [6, 6.07) is 10.8. The number of hydrogen-bond acceptors (Lipinski definition) is 6. The first-order valence-corrected chi connectivity index (χ1v) is 7.52. The van der Waals surface area contributed by atoms with Crippen LogP contribution in [-0.2, 0) is 0 Å². The molecule has 0 saturated carbocycles. The molecule has 25 heavy (non-hydrogen) atoms. The van der Waals surface area contributed by atoms with E-state index >= 15 is 0 Å². The maximum absolute atomic E-state index is 12.2. The van der Waals surface area contributed by atoms with Crippen LogP contribution in [0.4, 0.5) is 17.5 Å². The Bertz CT molecular complexity index is 1030. The lowest BCUT2D eigenvalue weighted by Gasteiger charge is -2.07. The van der Waals surface area contributed by atoms with Gasteiger partial charge in [-0.2, -0.15) is 10.1 Å². The first-order chi connectivity index (χ1) is 12.3. The third kappa shape index (κ3) is 3.27. The van der Waals surface area contributed by atoms with E-state index in [0.29, 0.717) is 17.3 Å². The fourth-order valence-electron chi connectivity index (χ4n) is 2.32. The number of rotatable bonds is 4. The van der Waals surface area contributed by atoms with Crippen molar-refractivity contribution in [3.8, 4) is 0 Å². The number of pyridine rings is 1. The summed E-state index contributed by atoms with van der Waals surface area (Å²) < 4.78 is 0. The highest BCUT2D eigenvalue weighted by Gasteiger charge is 2.08. The molecule has 0 fully saturated rings. The van der Waals surface area contributed by atoms with Crippen LogP contribution in [0.15, 0.2) is 61.2 Å². The van der Waals surface area contributed by atoms with Crippen LogP contribution in [0.3, 0.4) is 0 Å². The van der Waals surface area contributed by atoms with Crippen molar-refractivity contribution in [3.05, 3.63) is 66.7 Å². The van der Waals surface area contributed by atoms with Gasteiger partial charge in [-0.1, -0.05) is 0 Å². The average Bonchev–Trinajstić information content (AvgIpc) is 3.10. The number of aromatic nitrogens is 5. The van der Waals surface area contributed by atoms with E-state index in [-0.39, 0.29) is 5.91 Å². The van der Waals surface area contributed by atoms with E-state index in [2.05, 4.69) is 35.8 Å². The molecule has 0 saturated heterocycles. The van der Waals surface area contributed by atoms with Gasteiger partial charge in [-0.3, -0.25) is 14.9 Å². The molecule has 3 heterocycles. The number of aromatic amines is 1. The summed E-state index contributed by atoms with van der Waals surface area (Å²) in [5, 5.41) is 13.7. The number of anilines is 3. The van der Waals surface area contributed by atoms with Gasteiger partial charge in [0.1, 0.15) is 5.82 Å². The van der Waals surface area contributed by atoms with Gasteiger partial charge in [0.05, 0.1) is 17.3 Å². The lowest BCUT2D eigenvalue weighted by molar-refractivity contribution is 0.102. The molecule has 4 rings (SSSR count). The lowest BCUT2D eigenvalue weighted by Crippen LogP contribution is -2.13. The molecular weight excluding hydrogens is 318 g/mol. The molecule has 4 aromatic rings. The molecule has 122 valence electrons. The Morgan fingerprint density at radius 3 is 2.92 bits per heavy atom. The van der Waals surface area contributed by atoms with E-state index in [1.165, 1.54) is 6.20 Å². The van der Waals surface area contributed by atoms with E-state index in [4.69, 9.17) is 0 Å². The Balaban J connectivity index is 1.52. The van der Waals surface area contributed by atoms with Crippen LogP contribution >= 0.6 is 0 Å². The van der Waals surface area contributed by atoms with Crippen molar-refractivity contribution in [2.45, 2.75) is 0 Å². The smallest absolute Gasteiger partial charge is 0.258 e. The van der Waals surface area contributed by atoms with Gasteiger partial charge in [0.25, 0.3) is 5.91 Å². The quantitative estimate of drug-likeness (QED) is 0.530. The summed E-state index contributed by atoms with van der Waals surface area (Å²) in [6.45, 7) is 0. The summed E-state index contributed by atoms with van der Waals surface area (Å²) in [5.74, 6) is 0.500. The highest BCUT2D eigenvalue weighted by molar-refractivity contribution is 6.03. The summed E-state index contributed by atoms with van der Waals surface area (Å²) in [6.07, 6.45) is 6.42. The Morgan fingerprint density at radius 1 is 1.08 bits per heavy atom. The molecule has 0 aliphatic rings. The third-order valence-corrected chi connectivity index (χ3v) is 3.52. The van der Waals surface area contributed by atoms with Gasteiger partial charge in [0.2, 0.25) is 5.95 Å². The lowest BCUT2D eigenvalue weighted by atomic mass is 10.2. The van der Waals surface area contributed by atoms with Crippen LogP contribution in [0.5, 0.6) is 0 Å². The molecule has 0 aliphatic heterocycles. The number of benzene rings is 1. The second-order valence-corrected chi connectivity index (χ2v) is 5.26. The van der Waals surface area contributed by atoms with E-state index < -0.39 is 0 Å². The maximum Gasteiger partial charge on any atom is 0.258 e. The monoisotopic (exact) mass is 331 g/mol. The van der Waals surface area contributed by atoms with Crippen molar-refractivity contribution >= 4 is 34.3 Å². The number of fused-ring (bicyclic) bond motifs is 1. The molecular formula is C17H13N7O. The highest BCUT2D eigenvalue weighted by atomic mass is 16.1. The van der Waals surface area contributed by atoms with Crippen LogP contribution in [0.25, 0.3) is 10.9 Å². The van der Waals surface area contributed by atoms with Crippen molar-refractivity contribution in [1.82, 2.24) is 25.1 Å². The minimum Gasteiger partial charge on any atom is -0.324 e. The van der Waals surface area contributed by atoms with Crippen molar-refractivity contribution in [3.63, 3.8) is 0 Å². The van der Waals surface area contributed by atoms with Gasteiger partial charge in [-0.25, -0.2) is 4.98 Å². The molecule has 1 aromatic carbocycles. The molecule has 0 radical (unpaired) electrons. The standard InChI is InChI=1S/C17H13N7O/c25-16(11-2-1-6-18-9-11)22-15-5-7-19-17(23-15)21-13-3-4-14-12(8-13)10-20-24-14/h1-10H,(H,20,24)(H2,19,21,22,23,25). The van der Waals surface area contributed by atoms with Crippen LogP contribution in [0.1, 0.15) is 10.4 Å². The molecule has 0 spiro atoms. The zero-order valence-electron chi connectivity index (χ0n) is 13.0. The molecule has 1 amide bonds. The highest BCUT2D eigenvalue weighted by Crippen LogP contribution is 2.19. The van der Waals surface area contributed by atoms with Crippen LogP contribution in [-0.4, -0.2) is 31.1 Å². The number of carbonyl (C=O) groups is 1. The summed E-state index contributed by atoms with van der Waals surface area (Å²) in [4.78, 5) is 24.6. The molecule has 8 heteroatoms. The third-order valence-electron chi connectivity index (χ3n) is 3.52. The molecule has 0 unspecified atom stereocenters. The first-order valence-electron chi connectivity index (χ1n) is 7.52. The SMILES string of the molecule is O=C(Nc1ccnc(Nc2ccc3[nH]ncc3c2)n1)c1cccnc1. The normalized spacial score (nSPS) is 10.6. The molecule has 8 nitrogen and oxygen atoms in total. The van der Waals surface area contributed by atoms with E-state index in [0.717, 1.165) is 16.6 Å². The van der Waals surface area contributed by atoms with Crippen LogP contribution in [0, 0.1) is 0 Å². The number of nitrogens with one attached hydrogen (secondary N) is 3. The predicted molar refractivity (Wildman–Crippen MR) is 93.6 cm³/mol. The second kappa shape index (κ2) is 6.36. The molecule has 0 atom stereocenters. The Hall–Kier alpha value is -3.81. The summed E-state index contributed by atoms with van der Waals surface area (Å²) in [7, 11) is 0. The maximum atomic E-state index is 12.2. The zero-order chi connectivity index (χ0) is 17.1. The second-order valence-electron chi connectivity index (χ2n) is 5.26. The molecule has 0 bridgehead atoms. The molecule has 3 N–H and O–H groups in total. The van der Waals surface area contributed by atoms with Crippen LogP contribution < -0.4 is 10.6 Å². The number of hydrogen-bond donors (Lipinski definition) is 3. The number of carbonyl (C=O) groups excluding carboxylic acids is 1. The number of H-pyrrole nitrogens is 1. The van der Waals surface area contributed by atoms with Crippen molar-refractivity contribution in [2.24, 2.45) is 0 Å². The van der Waals surface area contributed by atoms with Gasteiger partial charge >= 0.3 is 0 Å². The van der Waals surface area contributed by atoms with Gasteiger partial charge in [-0.15, -0.1) is 0 Å². The number of nitrogens with zero attached hydrogens (tertiary/aromatic N) is 4. The van der Waals surface area contributed by atoms with E-state index in [1.54, 1.807) is 36.8 Å². The minimum atomic E-state index is -0.280. The Labute approximate surface area is 142 Å². The fourth-order valence-corrected chi connectivity index (χ4v) is 2.32. The fraction of sp³-hybridized carbons (Fsp3) is 0. The zero-order valence-corrected chi connectivity index (χ0v) is 13.0. The largest absolute Gasteiger partial charge is 0.324 e. The molecule has 3 aromatic heterocycles. The Morgan fingerprint density at radius 2 is 2.04 bits per heavy atom. The van der Waals surface area contributed by atoms with Crippen molar-refractivity contribution < 1.29 is 4.79 Å². The first kappa shape index (κ1) is 14.8. The topological polar surface area (TPSA) is 108 Å². The minimum absolute atomic E-state index is 0.280. The van der Waals surface area contributed by atoms with E-state index in [1.807, 2.05) is 18.2 Å². The Kier molecular flexibility index (Phi) is 3.76. The summed E-state index contributed by atoms with van der Waals surface area (Å²) >= 11 is 0. The average molecular weight is 331 g/mol. The van der Waals surface area contributed by atoms with Crippen molar-refractivity contribution in [1.29, 1.82) is 0 Å². The van der Waals surface area contributed by atoms with E-state index in [9.17, 15) is 4.79 Å². The van der Waals surface area contributed by atoms with Gasteiger partial charge in [0, 0.05) is 29.7 Å². The van der Waals surface area contributed by atoms with Crippen LogP contribution in [0.2, 0.25) is 0 Å².